The molecule has 4 rings (SSSR count). The van der Waals surface area contributed by atoms with Crippen LogP contribution in [-0.4, -0.2) is 65.2 Å². The third kappa shape index (κ3) is 6.13. The molecule has 3 unspecified atom stereocenters. The highest BCUT2D eigenvalue weighted by Gasteiger charge is 2.56. The van der Waals surface area contributed by atoms with Crippen LogP contribution in [0.4, 0.5) is 4.79 Å². The molecule has 1 aromatic rings. The quantitative estimate of drug-likeness (QED) is 0.438. The number of hydrogen-bond donors (Lipinski definition) is 3. The molecule has 0 bridgehead atoms. The van der Waals surface area contributed by atoms with Crippen molar-refractivity contribution < 1.29 is 9.21 Å². The summed E-state index contributed by atoms with van der Waals surface area (Å²) in [5.74, 6) is 0.854. The second-order valence-electron chi connectivity index (χ2n) is 9.36. The van der Waals surface area contributed by atoms with E-state index in [1.54, 1.807) is 6.26 Å². The van der Waals surface area contributed by atoms with E-state index in [4.69, 9.17) is 16.6 Å². The molecule has 2 aliphatic heterocycles. The van der Waals surface area contributed by atoms with Crippen LogP contribution in [0.2, 0.25) is 0 Å². The summed E-state index contributed by atoms with van der Waals surface area (Å²) in [6.45, 7) is 13.6. The molecule has 3 aliphatic rings. The van der Waals surface area contributed by atoms with Gasteiger partial charge in [-0.15, -0.1) is 0 Å². The van der Waals surface area contributed by atoms with E-state index < -0.39 is 0 Å². The van der Waals surface area contributed by atoms with Crippen molar-refractivity contribution >= 4 is 23.4 Å². The predicted octanol–water partition coefficient (Wildman–Crippen LogP) is 3.32. The van der Waals surface area contributed by atoms with Crippen LogP contribution < -0.4 is 16.0 Å². The Kier molecular flexibility index (Phi) is 7.86. The molecule has 2 saturated heterocycles. The molecule has 3 atom stereocenters. The summed E-state index contributed by atoms with van der Waals surface area (Å²) in [4.78, 5) is 17.1. The van der Waals surface area contributed by atoms with Crippen molar-refractivity contribution in [3.8, 4) is 0 Å². The zero-order chi connectivity index (χ0) is 22.5. The molecule has 31 heavy (non-hydrogen) atoms. The Morgan fingerprint density at radius 1 is 1.26 bits per heavy atom. The predicted molar refractivity (Wildman–Crippen MR) is 128 cm³/mol. The van der Waals surface area contributed by atoms with Gasteiger partial charge in [-0.1, -0.05) is 20.8 Å². The highest BCUT2D eigenvalue weighted by atomic mass is 32.1. The van der Waals surface area contributed by atoms with Crippen molar-refractivity contribution in [3.63, 3.8) is 0 Å². The van der Waals surface area contributed by atoms with Crippen LogP contribution in [0.1, 0.15) is 59.1 Å². The number of piperidine rings is 1. The fourth-order valence-corrected chi connectivity index (χ4v) is 5.00. The lowest BCUT2D eigenvalue weighted by Crippen LogP contribution is -2.52. The van der Waals surface area contributed by atoms with Crippen LogP contribution in [0.15, 0.2) is 22.8 Å². The van der Waals surface area contributed by atoms with Crippen LogP contribution in [0, 0.1) is 5.41 Å². The maximum Gasteiger partial charge on any atom is 0.315 e. The van der Waals surface area contributed by atoms with Crippen LogP contribution in [0.25, 0.3) is 0 Å². The van der Waals surface area contributed by atoms with Gasteiger partial charge in [0, 0.05) is 32.2 Å². The number of rotatable bonds is 7. The molecule has 2 amide bonds. The molecule has 8 heteroatoms. The Bertz CT molecular complexity index is 742. The molecule has 1 saturated carbocycles. The summed E-state index contributed by atoms with van der Waals surface area (Å²) < 4.78 is 5.32. The van der Waals surface area contributed by atoms with Crippen molar-refractivity contribution in [2.45, 2.75) is 71.5 Å². The molecular formula is C23H39N5O2S. The molecule has 174 valence electrons. The van der Waals surface area contributed by atoms with E-state index >= 15 is 0 Å². The van der Waals surface area contributed by atoms with E-state index in [9.17, 15) is 4.79 Å². The van der Waals surface area contributed by atoms with E-state index in [1.165, 1.54) is 19.4 Å². The largest absolute Gasteiger partial charge is 0.467 e. The zero-order valence-corrected chi connectivity index (χ0v) is 20.3. The van der Waals surface area contributed by atoms with E-state index in [-0.39, 0.29) is 11.6 Å². The number of carbonyl (C=O) groups is 1. The molecule has 1 aliphatic carbocycles. The number of urea groups is 1. The van der Waals surface area contributed by atoms with Gasteiger partial charge in [-0.05, 0) is 68.9 Å². The Morgan fingerprint density at radius 2 is 2.06 bits per heavy atom. The minimum absolute atomic E-state index is 0.0819. The average Bonchev–Trinajstić information content (AvgIpc) is 3.15. The summed E-state index contributed by atoms with van der Waals surface area (Å²) in [5, 5.41) is 10.1. The van der Waals surface area contributed by atoms with E-state index in [0.29, 0.717) is 30.2 Å². The van der Waals surface area contributed by atoms with Gasteiger partial charge in [0.25, 0.3) is 0 Å². The number of likely N-dealkylation sites (tertiary alicyclic amines) is 2. The number of furan rings is 1. The zero-order valence-electron chi connectivity index (χ0n) is 19.5. The van der Waals surface area contributed by atoms with E-state index in [0.717, 1.165) is 37.7 Å². The highest BCUT2D eigenvalue weighted by molar-refractivity contribution is 7.80. The molecule has 0 radical (unpaired) electrons. The molecule has 7 nitrogen and oxygen atoms in total. The third-order valence-corrected chi connectivity index (χ3v) is 7.19. The first-order chi connectivity index (χ1) is 14.9. The summed E-state index contributed by atoms with van der Waals surface area (Å²) in [6, 6.07) is 4.50. The van der Waals surface area contributed by atoms with Gasteiger partial charge >= 0.3 is 6.03 Å². The molecule has 0 spiro atoms. The normalized spacial score (nSPS) is 29.0. The van der Waals surface area contributed by atoms with E-state index in [2.05, 4.69) is 39.6 Å². The van der Waals surface area contributed by atoms with Gasteiger partial charge in [-0.2, -0.15) is 0 Å². The van der Waals surface area contributed by atoms with E-state index in [1.807, 2.05) is 26.0 Å². The van der Waals surface area contributed by atoms with Crippen molar-refractivity contribution in [1.29, 1.82) is 0 Å². The minimum Gasteiger partial charge on any atom is -0.467 e. The van der Waals surface area contributed by atoms with Gasteiger partial charge in [0.1, 0.15) is 5.76 Å². The summed E-state index contributed by atoms with van der Waals surface area (Å²) in [5.41, 5.74) is 0.326. The first-order valence-corrected chi connectivity index (χ1v) is 12.1. The lowest BCUT2D eigenvalue weighted by Gasteiger charge is -2.27. The van der Waals surface area contributed by atoms with Gasteiger partial charge in [-0.3, -0.25) is 4.90 Å². The van der Waals surface area contributed by atoms with Gasteiger partial charge in [0.15, 0.2) is 5.11 Å². The summed E-state index contributed by atoms with van der Waals surface area (Å²) in [6.07, 6.45) is 6.22. The first-order valence-electron chi connectivity index (χ1n) is 11.7. The summed E-state index contributed by atoms with van der Waals surface area (Å²) >= 11 is 5.50. The number of hydrogen-bond acceptors (Lipinski definition) is 4. The van der Waals surface area contributed by atoms with Crippen LogP contribution in [0.3, 0.4) is 0 Å². The Hall–Kier alpha value is -1.80. The smallest absolute Gasteiger partial charge is 0.315 e. The lowest BCUT2D eigenvalue weighted by atomic mass is 10.0. The second kappa shape index (κ2) is 10.2. The Balaban J connectivity index is 0.00000132. The van der Waals surface area contributed by atoms with Crippen molar-refractivity contribution in [1.82, 2.24) is 25.8 Å². The monoisotopic (exact) mass is 449 g/mol. The van der Waals surface area contributed by atoms with Crippen LogP contribution in [0.5, 0.6) is 0 Å². The number of amides is 2. The van der Waals surface area contributed by atoms with Crippen LogP contribution in [-0.2, 0) is 6.54 Å². The maximum atomic E-state index is 12.4. The Labute approximate surface area is 192 Å². The van der Waals surface area contributed by atoms with Gasteiger partial charge in [-0.25, -0.2) is 4.79 Å². The van der Waals surface area contributed by atoms with Crippen molar-refractivity contribution in [2.24, 2.45) is 5.41 Å². The highest BCUT2D eigenvalue weighted by Crippen LogP contribution is 2.56. The lowest BCUT2D eigenvalue weighted by molar-refractivity contribution is 0.227. The van der Waals surface area contributed by atoms with Crippen LogP contribution >= 0.6 is 12.2 Å². The van der Waals surface area contributed by atoms with Gasteiger partial charge in [0.05, 0.1) is 18.3 Å². The number of nitrogens with zero attached hydrogens (tertiary/aromatic N) is 2. The third-order valence-electron chi connectivity index (χ3n) is 6.79. The van der Waals surface area contributed by atoms with Crippen molar-refractivity contribution in [2.75, 3.05) is 32.7 Å². The first kappa shape index (κ1) is 23.9. The fraction of sp³-hybridized carbons (Fsp3) is 0.739. The minimum atomic E-state index is -0.273. The number of nitrogens with one attached hydrogen (secondary N) is 3. The molecule has 3 fully saturated rings. The van der Waals surface area contributed by atoms with Gasteiger partial charge in [0.2, 0.25) is 0 Å². The molecule has 0 aromatic carbocycles. The molecular weight excluding hydrogens is 410 g/mol. The second-order valence-corrected chi connectivity index (χ2v) is 9.75. The number of fused-ring (bicyclic) bond motifs is 1. The standard InChI is InChI=1S/C21H33N5O2S.C2H6/c1-20-6-10-25(17(20)13-20)9-4-8-22-18(27)24-21(2)7-11-26(15-21)19(29)23-14-16-5-3-12-28-16;1-2/h3,5,12,17H,4,6-11,13-15H2,1-2H3,(H,23,29)(H2,22,24,27);1-2H3. The number of carbonyl (C=O) groups excluding carboxylic acids is 1. The molecule has 1 aromatic heterocycles. The van der Waals surface area contributed by atoms with Crippen molar-refractivity contribution in [3.05, 3.63) is 24.2 Å². The summed E-state index contributed by atoms with van der Waals surface area (Å²) in [7, 11) is 0. The maximum absolute atomic E-state index is 12.4. The van der Waals surface area contributed by atoms with Gasteiger partial charge < -0.3 is 25.3 Å². The molecule has 3 heterocycles. The Morgan fingerprint density at radius 3 is 2.71 bits per heavy atom. The average molecular weight is 450 g/mol. The number of thiocarbonyl (C=S) groups is 1. The SMILES string of the molecule is CC.CC1(NC(=O)NCCCN2CCC3(C)CC23)CCN(C(=S)NCc2ccco2)C1. The topological polar surface area (TPSA) is 72.8 Å². The molecule has 3 N–H and O–H groups in total. The fourth-order valence-electron chi connectivity index (χ4n) is 4.77.